The lowest BCUT2D eigenvalue weighted by Crippen LogP contribution is -2.42. The van der Waals surface area contributed by atoms with Crippen molar-refractivity contribution in [2.45, 2.75) is 51.0 Å². The molecule has 0 aromatic rings. The van der Waals surface area contributed by atoms with Crippen LogP contribution in [0.5, 0.6) is 0 Å². The lowest BCUT2D eigenvalue weighted by Gasteiger charge is -2.35. The fourth-order valence-corrected chi connectivity index (χ4v) is 2.13. The fourth-order valence-electron chi connectivity index (χ4n) is 2.13. The van der Waals surface area contributed by atoms with Crippen LogP contribution in [-0.4, -0.2) is 41.0 Å². The van der Waals surface area contributed by atoms with Gasteiger partial charge in [-0.15, -0.1) is 0 Å². The molecule has 1 fully saturated rings. The summed E-state index contributed by atoms with van der Waals surface area (Å²) in [6.07, 6.45) is 2.66. The lowest BCUT2D eigenvalue weighted by molar-refractivity contribution is -0.138. The smallest absolute Gasteiger partial charge is 0.304 e. The molecule has 0 radical (unpaired) electrons. The second kappa shape index (κ2) is 5.57. The predicted molar refractivity (Wildman–Crippen MR) is 56.7 cm³/mol. The zero-order valence-electron chi connectivity index (χ0n) is 9.59. The highest BCUT2D eigenvalue weighted by Gasteiger charge is 2.28. The van der Waals surface area contributed by atoms with Crippen LogP contribution in [0.1, 0.15) is 39.0 Å². The summed E-state index contributed by atoms with van der Waals surface area (Å²) in [6, 6.07) is -0.0615. The molecule has 0 aromatic carbocycles. The Labute approximate surface area is 94.4 Å². The fraction of sp³-hybridized carbons (Fsp3) is 0.909. The van der Waals surface area contributed by atoms with Crippen molar-refractivity contribution < 1.29 is 18.7 Å². The Morgan fingerprint density at radius 2 is 2.19 bits per heavy atom. The maximum Gasteiger partial charge on any atom is 0.304 e. The van der Waals surface area contributed by atoms with Gasteiger partial charge in [0.1, 0.15) is 0 Å². The summed E-state index contributed by atoms with van der Waals surface area (Å²) >= 11 is 0. The molecule has 1 heterocycles. The highest BCUT2D eigenvalue weighted by Crippen LogP contribution is 2.23. The van der Waals surface area contributed by atoms with Gasteiger partial charge in [0.05, 0.1) is 6.42 Å². The van der Waals surface area contributed by atoms with Crippen LogP contribution in [0.15, 0.2) is 0 Å². The third kappa shape index (κ3) is 4.88. The molecule has 0 saturated carbocycles. The van der Waals surface area contributed by atoms with E-state index in [1.807, 2.05) is 4.90 Å². The molecule has 1 aliphatic heterocycles. The van der Waals surface area contributed by atoms with Gasteiger partial charge in [-0.3, -0.25) is 9.69 Å². The number of hydrogen-bond donors (Lipinski definition) is 1. The average Bonchev–Trinajstić information content (AvgIpc) is 2.14. The van der Waals surface area contributed by atoms with Crippen molar-refractivity contribution in [2.75, 3.05) is 13.1 Å². The molecule has 94 valence electrons. The molecular formula is C11H19F2NO2. The first kappa shape index (κ1) is 13.4. The SMILES string of the molecule is CC(F)(F)CCN1CCCCC1CC(=O)O. The normalized spacial score (nSPS) is 23.3. The van der Waals surface area contributed by atoms with Gasteiger partial charge >= 0.3 is 5.97 Å². The summed E-state index contributed by atoms with van der Waals surface area (Å²) in [6.45, 7) is 1.94. The Balaban J connectivity index is 2.44. The summed E-state index contributed by atoms with van der Waals surface area (Å²) in [4.78, 5) is 12.5. The Hall–Kier alpha value is -0.710. The first-order valence-corrected chi connectivity index (χ1v) is 5.72. The Morgan fingerprint density at radius 3 is 2.75 bits per heavy atom. The molecule has 0 aromatic heterocycles. The molecule has 0 spiro atoms. The van der Waals surface area contributed by atoms with Crippen LogP contribution < -0.4 is 0 Å². The second-order valence-electron chi connectivity index (χ2n) is 4.60. The van der Waals surface area contributed by atoms with E-state index in [1.54, 1.807) is 0 Å². The highest BCUT2D eigenvalue weighted by atomic mass is 19.3. The molecule has 0 amide bonds. The number of carboxylic acids is 1. The van der Waals surface area contributed by atoms with Crippen LogP contribution in [0.4, 0.5) is 8.78 Å². The lowest BCUT2D eigenvalue weighted by atomic mass is 9.99. The number of carboxylic acid groups (broad SMARTS) is 1. The van der Waals surface area contributed by atoms with Crippen molar-refractivity contribution >= 4 is 5.97 Å². The van der Waals surface area contributed by atoms with E-state index in [0.717, 1.165) is 32.7 Å². The molecule has 3 nitrogen and oxygen atoms in total. The minimum atomic E-state index is -2.66. The van der Waals surface area contributed by atoms with Crippen molar-refractivity contribution in [3.8, 4) is 0 Å². The molecular weight excluding hydrogens is 216 g/mol. The molecule has 1 N–H and O–H groups in total. The van der Waals surface area contributed by atoms with Crippen LogP contribution >= 0.6 is 0 Å². The maximum absolute atomic E-state index is 12.7. The minimum Gasteiger partial charge on any atom is -0.481 e. The van der Waals surface area contributed by atoms with E-state index in [-0.39, 0.29) is 18.9 Å². The van der Waals surface area contributed by atoms with Crippen molar-refractivity contribution in [3.05, 3.63) is 0 Å². The van der Waals surface area contributed by atoms with Gasteiger partial charge in [0.25, 0.3) is 0 Å². The molecule has 0 aliphatic carbocycles. The molecule has 5 heteroatoms. The number of halogens is 2. The number of carbonyl (C=O) groups is 1. The van der Waals surface area contributed by atoms with Gasteiger partial charge in [-0.2, -0.15) is 0 Å². The number of likely N-dealkylation sites (tertiary alicyclic amines) is 1. The first-order chi connectivity index (χ1) is 7.38. The summed E-state index contributed by atoms with van der Waals surface area (Å²) < 4.78 is 25.4. The molecule has 1 unspecified atom stereocenters. The number of piperidine rings is 1. The number of aliphatic carboxylic acids is 1. The van der Waals surface area contributed by atoms with E-state index in [2.05, 4.69) is 0 Å². The van der Waals surface area contributed by atoms with E-state index in [4.69, 9.17) is 5.11 Å². The van der Waals surface area contributed by atoms with E-state index >= 15 is 0 Å². The molecule has 16 heavy (non-hydrogen) atoms. The van der Waals surface area contributed by atoms with Crippen molar-refractivity contribution in [1.29, 1.82) is 0 Å². The molecule has 1 atom stereocenters. The summed E-state index contributed by atoms with van der Waals surface area (Å²) in [7, 11) is 0. The van der Waals surface area contributed by atoms with Crippen molar-refractivity contribution in [2.24, 2.45) is 0 Å². The van der Waals surface area contributed by atoms with Gasteiger partial charge in [-0.05, 0) is 26.3 Å². The Bertz CT molecular complexity index is 241. The molecule has 0 bridgehead atoms. The van der Waals surface area contributed by atoms with Crippen molar-refractivity contribution in [1.82, 2.24) is 4.90 Å². The van der Waals surface area contributed by atoms with E-state index in [9.17, 15) is 13.6 Å². The van der Waals surface area contributed by atoms with Crippen LogP contribution in [0.25, 0.3) is 0 Å². The monoisotopic (exact) mass is 235 g/mol. The van der Waals surface area contributed by atoms with Gasteiger partial charge in [-0.1, -0.05) is 6.42 Å². The zero-order valence-corrected chi connectivity index (χ0v) is 9.59. The quantitative estimate of drug-likeness (QED) is 0.795. The molecule has 1 aliphatic rings. The molecule has 1 saturated heterocycles. The summed E-state index contributed by atoms with van der Waals surface area (Å²) in [5.74, 6) is -3.51. The highest BCUT2D eigenvalue weighted by molar-refractivity contribution is 5.67. The largest absolute Gasteiger partial charge is 0.481 e. The van der Waals surface area contributed by atoms with Gasteiger partial charge in [0.15, 0.2) is 0 Å². The van der Waals surface area contributed by atoms with Crippen LogP contribution in [0.3, 0.4) is 0 Å². The maximum atomic E-state index is 12.7. The van der Waals surface area contributed by atoms with E-state index < -0.39 is 11.9 Å². The number of alkyl halides is 2. The standard InChI is InChI=1S/C11H19F2NO2/c1-11(12,13)5-7-14-6-3-2-4-9(14)8-10(15)16/h9H,2-8H2,1H3,(H,15,16). The Morgan fingerprint density at radius 1 is 1.50 bits per heavy atom. The van der Waals surface area contributed by atoms with E-state index in [0.29, 0.717) is 6.54 Å². The average molecular weight is 235 g/mol. The molecule has 1 rings (SSSR count). The zero-order chi connectivity index (χ0) is 12.2. The number of hydrogen-bond acceptors (Lipinski definition) is 2. The number of rotatable bonds is 5. The third-order valence-electron chi connectivity index (χ3n) is 3.00. The van der Waals surface area contributed by atoms with E-state index in [1.165, 1.54) is 0 Å². The van der Waals surface area contributed by atoms with Crippen molar-refractivity contribution in [3.63, 3.8) is 0 Å². The topological polar surface area (TPSA) is 40.5 Å². The second-order valence-corrected chi connectivity index (χ2v) is 4.60. The number of nitrogens with zero attached hydrogens (tertiary/aromatic N) is 1. The van der Waals surface area contributed by atoms with Crippen LogP contribution in [-0.2, 0) is 4.79 Å². The van der Waals surface area contributed by atoms with Gasteiger partial charge in [0, 0.05) is 19.0 Å². The minimum absolute atomic E-state index is 0.0615. The summed E-state index contributed by atoms with van der Waals surface area (Å²) in [5, 5.41) is 8.74. The van der Waals surface area contributed by atoms with Crippen LogP contribution in [0, 0.1) is 0 Å². The first-order valence-electron chi connectivity index (χ1n) is 5.72. The van der Waals surface area contributed by atoms with Gasteiger partial charge in [-0.25, -0.2) is 8.78 Å². The summed E-state index contributed by atoms with van der Waals surface area (Å²) in [5.41, 5.74) is 0. The predicted octanol–water partition coefficient (Wildman–Crippen LogP) is 2.36. The van der Waals surface area contributed by atoms with Gasteiger partial charge in [0.2, 0.25) is 5.92 Å². The third-order valence-corrected chi connectivity index (χ3v) is 3.00. The van der Waals surface area contributed by atoms with Gasteiger partial charge < -0.3 is 5.11 Å². The van der Waals surface area contributed by atoms with Crippen LogP contribution in [0.2, 0.25) is 0 Å². The Kier molecular flexibility index (Phi) is 4.65.